The normalized spacial score (nSPS) is 19.4. The number of carbonyl (C=O) groups excluding carboxylic acids is 1. The topological polar surface area (TPSA) is 55.1 Å². The van der Waals surface area contributed by atoms with Crippen LogP contribution in [0.25, 0.3) is 0 Å². The number of rotatable bonds is 3. The van der Waals surface area contributed by atoms with Gasteiger partial charge in [0.25, 0.3) is 0 Å². The Morgan fingerprint density at radius 1 is 1.37 bits per heavy atom. The second kappa shape index (κ2) is 5.63. The molecule has 4 nitrogen and oxygen atoms in total. The number of ketones is 1. The smallest absolute Gasteiger partial charge is 0.213 e. The number of carbonyl (C=O) groups is 1. The highest BCUT2D eigenvalue weighted by atomic mass is 35.5. The van der Waals surface area contributed by atoms with Gasteiger partial charge in [-0.05, 0) is 26.7 Å². The van der Waals surface area contributed by atoms with Crippen molar-refractivity contribution in [2.45, 2.75) is 64.0 Å². The van der Waals surface area contributed by atoms with E-state index < -0.39 is 5.60 Å². The van der Waals surface area contributed by atoms with Gasteiger partial charge >= 0.3 is 0 Å². The summed E-state index contributed by atoms with van der Waals surface area (Å²) in [4.78, 5) is 12.7. The maximum Gasteiger partial charge on any atom is 0.213 e. The Labute approximate surface area is 118 Å². The Morgan fingerprint density at radius 3 is 2.47 bits per heavy atom. The summed E-state index contributed by atoms with van der Waals surface area (Å²) < 4.78 is 1.60. The molecule has 0 aliphatic heterocycles. The largest absolute Gasteiger partial charge is 0.382 e. The molecular formula is C14H21ClN2O2. The van der Waals surface area contributed by atoms with Crippen molar-refractivity contribution in [3.05, 3.63) is 16.9 Å². The molecule has 1 aromatic heterocycles. The lowest BCUT2D eigenvalue weighted by atomic mass is 9.88. The third-order valence-electron chi connectivity index (χ3n) is 3.81. The highest BCUT2D eigenvalue weighted by Crippen LogP contribution is 2.32. The van der Waals surface area contributed by atoms with E-state index in [0.29, 0.717) is 23.6 Å². The lowest BCUT2D eigenvalue weighted by molar-refractivity contribution is 0.0226. The number of hydrogen-bond acceptors (Lipinski definition) is 3. The standard InChI is InChI=1S/C14H21ClN2O2/c1-10(2)17-12(11(15)9-16-17)13(18)14(19)7-5-3-4-6-8-14/h9-10,19H,3-8H2,1-2H3. The number of aromatic nitrogens is 2. The molecule has 1 aliphatic carbocycles. The number of hydrogen-bond donors (Lipinski definition) is 1. The molecule has 1 heterocycles. The van der Waals surface area contributed by atoms with Crippen molar-refractivity contribution in [3.8, 4) is 0 Å². The van der Waals surface area contributed by atoms with E-state index in [1.165, 1.54) is 6.20 Å². The van der Waals surface area contributed by atoms with Crippen molar-refractivity contribution in [3.63, 3.8) is 0 Å². The van der Waals surface area contributed by atoms with Gasteiger partial charge in [-0.3, -0.25) is 9.48 Å². The van der Waals surface area contributed by atoms with Gasteiger partial charge in [-0.2, -0.15) is 5.10 Å². The zero-order chi connectivity index (χ0) is 14.0. The van der Waals surface area contributed by atoms with E-state index in [1.54, 1.807) is 4.68 Å². The first-order valence-corrected chi connectivity index (χ1v) is 7.34. The van der Waals surface area contributed by atoms with Crippen LogP contribution in [-0.4, -0.2) is 26.3 Å². The van der Waals surface area contributed by atoms with Crippen LogP contribution in [0.1, 0.15) is 68.9 Å². The monoisotopic (exact) mass is 284 g/mol. The Bertz CT molecular complexity index is 460. The average molecular weight is 285 g/mol. The molecule has 106 valence electrons. The molecule has 0 amide bonds. The van der Waals surface area contributed by atoms with Crippen LogP contribution in [-0.2, 0) is 0 Å². The molecule has 0 aromatic carbocycles. The summed E-state index contributed by atoms with van der Waals surface area (Å²) in [7, 11) is 0. The van der Waals surface area contributed by atoms with Crippen molar-refractivity contribution in [1.82, 2.24) is 9.78 Å². The first-order valence-electron chi connectivity index (χ1n) is 6.96. The van der Waals surface area contributed by atoms with Crippen molar-refractivity contribution >= 4 is 17.4 Å². The van der Waals surface area contributed by atoms with Gasteiger partial charge in [0, 0.05) is 6.04 Å². The van der Waals surface area contributed by atoms with E-state index in [9.17, 15) is 9.90 Å². The quantitative estimate of drug-likeness (QED) is 0.684. The Kier molecular flexibility index (Phi) is 4.31. The molecular weight excluding hydrogens is 264 g/mol. The lowest BCUT2D eigenvalue weighted by Crippen LogP contribution is -2.39. The molecule has 0 saturated heterocycles. The highest BCUT2D eigenvalue weighted by molar-refractivity contribution is 6.34. The van der Waals surface area contributed by atoms with Crippen molar-refractivity contribution in [2.24, 2.45) is 0 Å². The fourth-order valence-electron chi connectivity index (χ4n) is 2.71. The summed E-state index contributed by atoms with van der Waals surface area (Å²) in [5, 5.41) is 15.1. The summed E-state index contributed by atoms with van der Waals surface area (Å²) in [6, 6.07) is 0.0424. The Morgan fingerprint density at radius 2 is 1.95 bits per heavy atom. The van der Waals surface area contributed by atoms with Crippen molar-refractivity contribution in [1.29, 1.82) is 0 Å². The van der Waals surface area contributed by atoms with Gasteiger partial charge in [0.2, 0.25) is 5.78 Å². The Hall–Kier alpha value is -0.870. The number of nitrogens with zero attached hydrogens (tertiary/aromatic N) is 2. The molecule has 19 heavy (non-hydrogen) atoms. The van der Waals surface area contributed by atoms with Gasteiger partial charge < -0.3 is 5.11 Å². The second-order valence-electron chi connectivity index (χ2n) is 5.65. The number of Topliss-reactive ketones (excluding diaryl/α,β-unsaturated/α-hetero) is 1. The minimum absolute atomic E-state index is 0.0424. The molecule has 0 unspecified atom stereocenters. The van der Waals surface area contributed by atoms with E-state index in [4.69, 9.17) is 11.6 Å². The van der Waals surface area contributed by atoms with E-state index in [-0.39, 0.29) is 11.8 Å². The van der Waals surface area contributed by atoms with Crippen molar-refractivity contribution in [2.75, 3.05) is 0 Å². The fraction of sp³-hybridized carbons (Fsp3) is 0.714. The van der Waals surface area contributed by atoms with Gasteiger partial charge in [0.05, 0.1) is 11.2 Å². The van der Waals surface area contributed by atoms with Crippen LogP contribution in [0, 0.1) is 0 Å². The molecule has 0 spiro atoms. The molecule has 0 bridgehead atoms. The summed E-state index contributed by atoms with van der Waals surface area (Å²) in [6.07, 6.45) is 6.44. The average Bonchev–Trinajstić information content (AvgIpc) is 2.60. The van der Waals surface area contributed by atoms with Gasteiger partial charge in [-0.1, -0.05) is 37.3 Å². The van der Waals surface area contributed by atoms with Gasteiger partial charge in [-0.25, -0.2) is 0 Å². The predicted octanol–water partition coefficient (Wildman–Crippen LogP) is 3.39. The van der Waals surface area contributed by atoms with Gasteiger partial charge in [0.1, 0.15) is 11.3 Å². The molecule has 2 rings (SSSR count). The molecule has 0 radical (unpaired) electrons. The number of aliphatic hydroxyl groups is 1. The first kappa shape index (κ1) is 14.5. The van der Waals surface area contributed by atoms with Crippen LogP contribution < -0.4 is 0 Å². The van der Waals surface area contributed by atoms with Gasteiger partial charge in [0.15, 0.2) is 0 Å². The lowest BCUT2D eigenvalue weighted by Gasteiger charge is -2.25. The minimum Gasteiger partial charge on any atom is -0.382 e. The van der Waals surface area contributed by atoms with Crippen LogP contribution in [0.15, 0.2) is 6.20 Å². The van der Waals surface area contributed by atoms with Crippen LogP contribution in [0.4, 0.5) is 0 Å². The van der Waals surface area contributed by atoms with Crippen LogP contribution in [0.3, 0.4) is 0 Å². The molecule has 1 N–H and O–H groups in total. The van der Waals surface area contributed by atoms with E-state index in [2.05, 4.69) is 5.10 Å². The highest BCUT2D eigenvalue weighted by Gasteiger charge is 2.39. The molecule has 5 heteroatoms. The zero-order valence-electron chi connectivity index (χ0n) is 11.5. The van der Waals surface area contributed by atoms with Gasteiger partial charge in [-0.15, -0.1) is 0 Å². The van der Waals surface area contributed by atoms with Crippen molar-refractivity contribution < 1.29 is 9.90 Å². The fourth-order valence-corrected chi connectivity index (χ4v) is 2.92. The zero-order valence-corrected chi connectivity index (χ0v) is 12.3. The summed E-state index contributed by atoms with van der Waals surface area (Å²) >= 11 is 6.09. The third kappa shape index (κ3) is 2.84. The summed E-state index contributed by atoms with van der Waals surface area (Å²) in [5.41, 5.74) is -0.923. The van der Waals surface area contributed by atoms with E-state index >= 15 is 0 Å². The van der Waals surface area contributed by atoms with Crippen LogP contribution >= 0.6 is 11.6 Å². The second-order valence-corrected chi connectivity index (χ2v) is 6.06. The SMILES string of the molecule is CC(C)n1ncc(Cl)c1C(=O)C1(O)CCCCCC1. The van der Waals surface area contributed by atoms with E-state index in [1.807, 2.05) is 13.8 Å². The molecule has 1 aliphatic rings. The molecule has 0 atom stereocenters. The third-order valence-corrected chi connectivity index (χ3v) is 4.08. The minimum atomic E-state index is -1.27. The van der Waals surface area contributed by atoms with E-state index in [0.717, 1.165) is 25.7 Å². The maximum absolute atomic E-state index is 12.7. The maximum atomic E-state index is 12.7. The first-order chi connectivity index (χ1) is 8.96. The Balaban J connectivity index is 2.35. The molecule has 1 fully saturated rings. The number of halogens is 1. The summed E-state index contributed by atoms with van der Waals surface area (Å²) in [5.74, 6) is -0.273. The summed E-state index contributed by atoms with van der Waals surface area (Å²) in [6.45, 7) is 3.88. The van der Waals surface area contributed by atoms with Crippen LogP contribution in [0.5, 0.6) is 0 Å². The molecule has 1 saturated carbocycles. The predicted molar refractivity (Wildman–Crippen MR) is 74.6 cm³/mol. The van der Waals surface area contributed by atoms with Crippen LogP contribution in [0.2, 0.25) is 5.02 Å². The molecule has 1 aromatic rings.